The molecule has 0 aromatic carbocycles. The summed E-state index contributed by atoms with van der Waals surface area (Å²) in [4.78, 5) is 22.9. The normalized spacial score (nSPS) is 16.3. The number of esters is 1. The van der Waals surface area contributed by atoms with Crippen molar-refractivity contribution in [2.75, 3.05) is 7.11 Å². The Balaban J connectivity index is 4.65. The molecular formula is C10H20N2O3. The van der Waals surface area contributed by atoms with Crippen LogP contribution in [0.1, 0.15) is 33.6 Å². The van der Waals surface area contributed by atoms with Crippen molar-refractivity contribution in [3.05, 3.63) is 0 Å². The number of nitrogens with two attached hydrogens (primary N) is 1. The lowest BCUT2D eigenvalue weighted by Crippen LogP contribution is -2.56. The van der Waals surface area contributed by atoms with E-state index >= 15 is 0 Å². The van der Waals surface area contributed by atoms with Crippen molar-refractivity contribution in [1.29, 1.82) is 0 Å². The van der Waals surface area contributed by atoms with Crippen LogP contribution < -0.4 is 11.1 Å². The molecule has 0 aliphatic heterocycles. The Labute approximate surface area is 90.4 Å². The molecule has 0 rings (SSSR count). The van der Waals surface area contributed by atoms with Crippen LogP contribution in [0.15, 0.2) is 0 Å². The van der Waals surface area contributed by atoms with Crippen molar-refractivity contribution in [2.24, 2.45) is 5.73 Å². The molecule has 0 saturated heterocycles. The first-order valence-electron chi connectivity index (χ1n) is 5.03. The number of hydrogen-bond donors (Lipinski definition) is 2. The summed E-state index contributed by atoms with van der Waals surface area (Å²) in [6.45, 7) is 5.14. The van der Waals surface area contributed by atoms with Gasteiger partial charge in [0.25, 0.3) is 0 Å². The number of carbonyl (C=O) groups excluding carboxylic acids is 2. The van der Waals surface area contributed by atoms with Crippen LogP contribution in [-0.2, 0) is 14.3 Å². The maximum atomic E-state index is 11.5. The summed E-state index contributed by atoms with van der Waals surface area (Å²) in [5.41, 5.74) is 4.44. The van der Waals surface area contributed by atoms with Crippen LogP contribution in [0.2, 0.25) is 0 Å². The van der Waals surface area contributed by atoms with E-state index in [2.05, 4.69) is 10.1 Å². The van der Waals surface area contributed by atoms with Crippen LogP contribution in [0.5, 0.6) is 0 Å². The van der Waals surface area contributed by atoms with Gasteiger partial charge in [0.15, 0.2) is 0 Å². The number of methoxy groups -OCH3 is 1. The number of carbonyl (C=O) groups is 2. The number of hydrogen-bond acceptors (Lipinski definition) is 4. The summed E-state index contributed by atoms with van der Waals surface area (Å²) < 4.78 is 4.65. The number of amides is 1. The van der Waals surface area contributed by atoms with E-state index in [0.29, 0.717) is 6.42 Å². The van der Waals surface area contributed by atoms with E-state index in [1.807, 2.05) is 6.92 Å². The van der Waals surface area contributed by atoms with Gasteiger partial charge in [-0.1, -0.05) is 13.3 Å². The Bertz CT molecular complexity index is 241. The van der Waals surface area contributed by atoms with E-state index < -0.39 is 17.6 Å². The summed E-state index contributed by atoms with van der Waals surface area (Å²) in [5, 5.41) is 2.61. The van der Waals surface area contributed by atoms with Crippen molar-refractivity contribution in [2.45, 2.75) is 45.2 Å². The third-order valence-electron chi connectivity index (χ3n) is 2.20. The van der Waals surface area contributed by atoms with Gasteiger partial charge in [0.2, 0.25) is 5.91 Å². The van der Waals surface area contributed by atoms with Crippen molar-refractivity contribution in [1.82, 2.24) is 5.32 Å². The van der Waals surface area contributed by atoms with Gasteiger partial charge < -0.3 is 15.8 Å². The zero-order valence-electron chi connectivity index (χ0n) is 9.79. The van der Waals surface area contributed by atoms with Gasteiger partial charge in [-0.3, -0.25) is 4.79 Å². The first-order chi connectivity index (χ1) is 6.87. The molecule has 0 aromatic heterocycles. The quantitative estimate of drug-likeness (QED) is 0.642. The zero-order valence-corrected chi connectivity index (χ0v) is 9.79. The molecule has 2 atom stereocenters. The maximum Gasteiger partial charge on any atom is 0.331 e. The topological polar surface area (TPSA) is 81.4 Å². The van der Waals surface area contributed by atoms with Crippen LogP contribution in [0.3, 0.4) is 0 Å². The fourth-order valence-electron chi connectivity index (χ4n) is 1.33. The third-order valence-corrected chi connectivity index (χ3v) is 2.20. The van der Waals surface area contributed by atoms with Crippen molar-refractivity contribution < 1.29 is 14.3 Å². The fraction of sp³-hybridized carbons (Fsp3) is 0.800. The molecular weight excluding hydrogens is 196 g/mol. The van der Waals surface area contributed by atoms with Crippen LogP contribution in [0.25, 0.3) is 0 Å². The molecule has 1 amide bonds. The van der Waals surface area contributed by atoms with Crippen LogP contribution in [0, 0.1) is 0 Å². The summed E-state index contributed by atoms with van der Waals surface area (Å²) in [5.74, 6) is -0.797. The van der Waals surface area contributed by atoms with Crippen molar-refractivity contribution in [3.8, 4) is 0 Å². The monoisotopic (exact) mass is 216 g/mol. The first-order valence-corrected chi connectivity index (χ1v) is 5.03. The molecule has 5 heteroatoms. The molecule has 15 heavy (non-hydrogen) atoms. The number of nitrogens with one attached hydrogen (secondary N) is 1. The highest BCUT2D eigenvalue weighted by atomic mass is 16.5. The summed E-state index contributed by atoms with van der Waals surface area (Å²) in [6.07, 6.45) is 1.29. The summed E-state index contributed by atoms with van der Waals surface area (Å²) in [7, 11) is 1.30. The molecule has 1 unspecified atom stereocenters. The van der Waals surface area contributed by atoms with Crippen molar-refractivity contribution in [3.63, 3.8) is 0 Å². The second-order valence-electron chi connectivity index (χ2n) is 3.85. The molecule has 0 radical (unpaired) electrons. The van der Waals surface area contributed by atoms with Gasteiger partial charge in [-0.05, 0) is 20.3 Å². The first kappa shape index (κ1) is 13.9. The van der Waals surface area contributed by atoms with Gasteiger partial charge in [-0.25, -0.2) is 4.79 Å². The Morgan fingerprint density at radius 2 is 2.07 bits per heavy atom. The van der Waals surface area contributed by atoms with E-state index in [-0.39, 0.29) is 5.91 Å². The van der Waals surface area contributed by atoms with Crippen LogP contribution in [0.4, 0.5) is 0 Å². The minimum absolute atomic E-state index is 0.351. The Morgan fingerprint density at radius 3 is 2.40 bits per heavy atom. The highest BCUT2D eigenvalue weighted by Crippen LogP contribution is 2.14. The van der Waals surface area contributed by atoms with Gasteiger partial charge >= 0.3 is 5.97 Å². The molecule has 0 spiro atoms. The minimum Gasteiger partial charge on any atom is -0.467 e. The molecule has 0 aromatic rings. The maximum absolute atomic E-state index is 11.5. The smallest absolute Gasteiger partial charge is 0.331 e. The largest absolute Gasteiger partial charge is 0.467 e. The Hall–Kier alpha value is -1.10. The van der Waals surface area contributed by atoms with Gasteiger partial charge in [0.1, 0.15) is 5.54 Å². The third kappa shape index (κ3) is 3.87. The van der Waals surface area contributed by atoms with E-state index in [4.69, 9.17) is 5.73 Å². The molecule has 3 N–H and O–H groups in total. The number of rotatable bonds is 5. The molecule has 88 valence electrons. The number of ether oxygens (including phenoxy) is 1. The van der Waals surface area contributed by atoms with E-state index in [1.165, 1.54) is 7.11 Å². The predicted molar refractivity (Wildman–Crippen MR) is 57.1 cm³/mol. The molecule has 0 saturated carbocycles. The molecule has 0 bridgehead atoms. The lowest BCUT2D eigenvalue weighted by Gasteiger charge is -2.28. The van der Waals surface area contributed by atoms with Gasteiger partial charge in [0.05, 0.1) is 13.2 Å². The average Bonchev–Trinajstić information content (AvgIpc) is 2.16. The van der Waals surface area contributed by atoms with E-state index in [9.17, 15) is 9.59 Å². The Morgan fingerprint density at radius 1 is 1.53 bits per heavy atom. The molecule has 0 aliphatic carbocycles. The SMILES string of the molecule is CCCC(C)(NC(=O)[C@H](C)N)C(=O)OC. The highest BCUT2D eigenvalue weighted by molar-refractivity contribution is 5.89. The van der Waals surface area contributed by atoms with Gasteiger partial charge in [-0.2, -0.15) is 0 Å². The van der Waals surface area contributed by atoms with Gasteiger partial charge in [-0.15, -0.1) is 0 Å². The Kier molecular flexibility index (Phi) is 5.28. The molecule has 5 nitrogen and oxygen atoms in total. The second kappa shape index (κ2) is 5.70. The summed E-state index contributed by atoms with van der Waals surface area (Å²) in [6, 6.07) is -0.633. The predicted octanol–water partition coefficient (Wildman–Crippen LogP) is 0.182. The average molecular weight is 216 g/mol. The minimum atomic E-state index is -0.978. The van der Waals surface area contributed by atoms with Crippen LogP contribution in [-0.4, -0.2) is 30.6 Å². The summed E-state index contributed by atoms with van der Waals surface area (Å²) >= 11 is 0. The fourth-order valence-corrected chi connectivity index (χ4v) is 1.33. The lowest BCUT2D eigenvalue weighted by atomic mass is 9.96. The second-order valence-corrected chi connectivity index (χ2v) is 3.85. The lowest BCUT2D eigenvalue weighted by molar-refractivity contribution is -0.150. The van der Waals surface area contributed by atoms with E-state index in [0.717, 1.165) is 6.42 Å². The molecule has 0 aliphatic rings. The van der Waals surface area contributed by atoms with Gasteiger partial charge in [0, 0.05) is 0 Å². The van der Waals surface area contributed by atoms with E-state index in [1.54, 1.807) is 13.8 Å². The standard InChI is InChI=1S/C10H20N2O3/c1-5-6-10(3,9(14)15-4)12-8(13)7(2)11/h7H,5-6,11H2,1-4H3,(H,12,13)/t7-,10?/m0/s1. The van der Waals surface area contributed by atoms with Crippen molar-refractivity contribution >= 4 is 11.9 Å². The zero-order chi connectivity index (χ0) is 12.1. The molecule has 0 fully saturated rings. The van der Waals surface area contributed by atoms with Crippen LogP contribution >= 0.6 is 0 Å². The highest BCUT2D eigenvalue weighted by Gasteiger charge is 2.35. The molecule has 0 heterocycles.